The molecule has 6 heteroatoms. The molecule has 3 heterocycles. The molecule has 0 bridgehead atoms. The molecule has 0 unspecified atom stereocenters. The Bertz CT molecular complexity index is 1040. The minimum absolute atomic E-state index is 0.00397. The minimum Gasteiger partial charge on any atom is -0.352 e. The van der Waals surface area contributed by atoms with E-state index in [1.807, 2.05) is 18.2 Å². The van der Waals surface area contributed by atoms with E-state index in [0.29, 0.717) is 12.1 Å². The van der Waals surface area contributed by atoms with E-state index in [2.05, 4.69) is 20.3 Å². The van der Waals surface area contributed by atoms with Gasteiger partial charge in [-0.3, -0.25) is 19.6 Å². The Labute approximate surface area is 163 Å². The van der Waals surface area contributed by atoms with Crippen LogP contribution in [0.25, 0.3) is 11.1 Å². The number of amides is 1. The lowest BCUT2D eigenvalue weighted by Gasteiger charge is -2.18. The Morgan fingerprint density at radius 1 is 1.11 bits per heavy atom. The lowest BCUT2D eigenvalue weighted by molar-refractivity contribution is 0.0954. The number of rotatable bonds is 5. The number of nitrogens with zero attached hydrogens (tertiary/aromatic N) is 2. The van der Waals surface area contributed by atoms with Gasteiger partial charge in [0, 0.05) is 54.2 Å². The molecule has 0 saturated carbocycles. The van der Waals surface area contributed by atoms with Gasteiger partial charge in [-0.1, -0.05) is 6.07 Å². The fourth-order valence-corrected chi connectivity index (χ4v) is 3.70. The quantitative estimate of drug-likeness (QED) is 0.719. The molecular formula is C22H22N4O2. The molecule has 0 aromatic carbocycles. The number of aromatic nitrogens is 3. The third kappa shape index (κ3) is 3.86. The maximum Gasteiger partial charge on any atom is 0.252 e. The Hall–Kier alpha value is -3.28. The summed E-state index contributed by atoms with van der Waals surface area (Å²) in [4.78, 5) is 35.8. The molecule has 2 N–H and O–H groups in total. The molecular weight excluding hydrogens is 352 g/mol. The lowest BCUT2D eigenvalue weighted by atomic mass is 9.88. The van der Waals surface area contributed by atoms with E-state index < -0.39 is 0 Å². The first-order valence-corrected chi connectivity index (χ1v) is 9.58. The summed E-state index contributed by atoms with van der Waals surface area (Å²) in [5.74, 6) is -0.156. The summed E-state index contributed by atoms with van der Waals surface area (Å²) in [5.41, 5.74) is 5.37. The third-order valence-electron chi connectivity index (χ3n) is 5.15. The van der Waals surface area contributed by atoms with Crippen LogP contribution < -0.4 is 10.9 Å². The molecule has 0 saturated heterocycles. The molecule has 0 atom stereocenters. The van der Waals surface area contributed by atoms with Crippen molar-refractivity contribution in [2.75, 3.05) is 6.54 Å². The van der Waals surface area contributed by atoms with Crippen LogP contribution in [0.5, 0.6) is 0 Å². The second-order valence-corrected chi connectivity index (χ2v) is 7.03. The molecule has 0 fully saturated rings. The highest BCUT2D eigenvalue weighted by Crippen LogP contribution is 2.29. The van der Waals surface area contributed by atoms with E-state index in [9.17, 15) is 9.59 Å². The van der Waals surface area contributed by atoms with Gasteiger partial charge in [-0.15, -0.1) is 0 Å². The highest BCUT2D eigenvalue weighted by molar-refractivity contribution is 5.95. The smallest absolute Gasteiger partial charge is 0.252 e. The number of pyridine rings is 3. The molecule has 0 aliphatic heterocycles. The summed E-state index contributed by atoms with van der Waals surface area (Å²) in [6.45, 7) is 0.531. The van der Waals surface area contributed by atoms with Crippen molar-refractivity contribution in [3.05, 3.63) is 81.8 Å². The van der Waals surface area contributed by atoms with Crippen LogP contribution in [0.1, 0.15) is 39.9 Å². The predicted octanol–water partition coefficient (Wildman–Crippen LogP) is 2.68. The SMILES string of the molecule is O=C(NCCc1cccnc1)c1cncc(-c2c[nH]c(=O)c3c2CCCC3)c1. The minimum atomic E-state index is -0.156. The number of hydrogen-bond acceptors (Lipinski definition) is 4. The first kappa shape index (κ1) is 18.1. The Morgan fingerprint density at radius 3 is 2.79 bits per heavy atom. The highest BCUT2D eigenvalue weighted by Gasteiger charge is 2.18. The average Bonchev–Trinajstić information content (AvgIpc) is 2.75. The van der Waals surface area contributed by atoms with Gasteiger partial charge in [0.1, 0.15) is 0 Å². The maximum absolute atomic E-state index is 12.5. The van der Waals surface area contributed by atoms with E-state index in [0.717, 1.165) is 59.9 Å². The normalized spacial score (nSPS) is 13.0. The van der Waals surface area contributed by atoms with Gasteiger partial charge in [-0.2, -0.15) is 0 Å². The number of nitrogens with one attached hydrogen (secondary N) is 2. The monoisotopic (exact) mass is 374 g/mol. The Morgan fingerprint density at radius 2 is 1.96 bits per heavy atom. The van der Waals surface area contributed by atoms with Crippen molar-refractivity contribution in [1.82, 2.24) is 20.3 Å². The molecule has 3 aromatic rings. The van der Waals surface area contributed by atoms with Crippen molar-refractivity contribution < 1.29 is 4.79 Å². The number of hydrogen-bond donors (Lipinski definition) is 2. The number of H-pyrrole nitrogens is 1. The maximum atomic E-state index is 12.5. The summed E-state index contributed by atoms with van der Waals surface area (Å²) < 4.78 is 0. The van der Waals surface area contributed by atoms with Crippen LogP contribution in [0.3, 0.4) is 0 Å². The zero-order valence-corrected chi connectivity index (χ0v) is 15.6. The number of aromatic amines is 1. The fourth-order valence-electron chi connectivity index (χ4n) is 3.70. The summed E-state index contributed by atoms with van der Waals surface area (Å²) in [7, 11) is 0. The summed E-state index contributed by atoms with van der Waals surface area (Å²) in [6, 6.07) is 5.71. The van der Waals surface area contributed by atoms with Crippen molar-refractivity contribution in [3.63, 3.8) is 0 Å². The van der Waals surface area contributed by atoms with Crippen molar-refractivity contribution in [3.8, 4) is 11.1 Å². The number of carbonyl (C=O) groups excluding carboxylic acids is 1. The third-order valence-corrected chi connectivity index (χ3v) is 5.15. The van der Waals surface area contributed by atoms with Crippen LogP contribution in [0.4, 0.5) is 0 Å². The van der Waals surface area contributed by atoms with Crippen LogP contribution in [-0.4, -0.2) is 27.4 Å². The van der Waals surface area contributed by atoms with Crippen LogP contribution >= 0.6 is 0 Å². The zero-order valence-electron chi connectivity index (χ0n) is 15.6. The zero-order chi connectivity index (χ0) is 19.3. The van der Waals surface area contributed by atoms with E-state index in [1.54, 1.807) is 31.0 Å². The fraction of sp³-hybridized carbons (Fsp3) is 0.273. The van der Waals surface area contributed by atoms with Crippen LogP contribution in [-0.2, 0) is 19.3 Å². The van der Waals surface area contributed by atoms with Gasteiger partial charge in [-0.05, 0) is 55.4 Å². The molecule has 1 amide bonds. The van der Waals surface area contributed by atoms with E-state index in [1.165, 1.54) is 0 Å². The Kier molecular flexibility index (Phi) is 5.28. The van der Waals surface area contributed by atoms with Crippen molar-refractivity contribution in [1.29, 1.82) is 0 Å². The molecule has 1 aliphatic carbocycles. The van der Waals surface area contributed by atoms with E-state index >= 15 is 0 Å². The van der Waals surface area contributed by atoms with Gasteiger partial charge in [0.15, 0.2) is 0 Å². The number of carbonyl (C=O) groups is 1. The largest absolute Gasteiger partial charge is 0.352 e. The highest BCUT2D eigenvalue weighted by atomic mass is 16.1. The molecule has 0 radical (unpaired) electrons. The molecule has 6 nitrogen and oxygen atoms in total. The Balaban J connectivity index is 1.52. The predicted molar refractivity (Wildman–Crippen MR) is 107 cm³/mol. The molecule has 0 spiro atoms. The van der Waals surface area contributed by atoms with Gasteiger partial charge in [0.2, 0.25) is 0 Å². The van der Waals surface area contributed by atoms with Gasteiger partial charge in [-0.25, -0.2) is 0 Å². The first-order chi connectivity index (χ1) is 13.7. The summed E-state index contributed by atoms with van der Waals surface area (Å²) in [6.07, 6.45) is 13.1. The topological polar surface area (TPSA) is 87.7 Å². The lowest BCUT2D eigenvalue weighted by Crippen LogP contribution is -2.26. The molecule has 28 heavy (non-hydrogen) atoms. The second kappa shape index (κ2) is 8.17. The summed E-state index contributed by atoms with van der Waals surface area (Å²) >= 11 is 0. The van der Waals surface area contributed by atoms with Crippen LogP contribution in [0.2, 0.25) is 0 Å². The van der Waals surface area contributed by atoms with Crippen molar-refractivity contribution in [2.45, 2.75) is 32.1 Å². The van der Waals surface area contributed by atoms with Crippen LogP contribution in [0, 0.1) is 0 Å². The standard InChI is InChI=1S/C22H22N4O2/c27-21(25-9-7-15-4-3-8-23-11-15)17-10-16(12-24-13-17)20-14-26-22(28)19-6-2-1-5-18(19)20/h3-4,8,10-14H,1-2,5-7,9H2,(H,25,27)(H,26,28). The van der Waals surface area contributed by atoms with Crippen molar-refractivity contribution >= 4 is 5.91 Å². The summed E-state index contributed by atoms with van der Waals surface area (Å²) in [5, 5.41) is 2.93. The number of fused-ring (bicyclic) bond motifs is 1. The van der Waals surface area contributed by atoms with Gasteiger partial charge >= 0.3 is 0 Å². The van der Waals surface area contributed by atoms with Gasteiger partial charge < -0.3 is 10.3 Å². The molecule has 1 aliphatic rings. The van der Waals surface area contributed by atoms with Gasteiger partial charge in [0.05, 0.1) is 5.56 Å². The molecule has 4 rings (SSSR count). The van der Waals surface area contributed by atoms with Crippen LogP contribution in [0.15, 0.2) is 54.0 Å². The van der Waals surface area contributed by atoms with E-state index in [-0.39, 0.29) is 11.5 Å². The first-order valence-electron chi connectivity index (χ1n) is 9.58. The van der Waals surface area contributed by atoms with Gasteiger partial charge in [0.25, 0.3) is 11.5 Å². The average molecular weight is 374 g/mol. The molecule has 142 valence electrons. The molecule has 3 aromatic heterocycles. The van der Waals surface area contributed by atoms with E-state index in [4.69, 9.17) is 0 Å². The second-order valence-electron chi connectivity index (χ2n) is 7.03. The van der Waals surface area contributed by atoms with Crippen molar-refractivity contribution in [2.24, 2.45) is 0 Å².